The van der Waals surface area contributed by atoms with Crippen LogP contribution in [-0.2, 0) is 0 Å². The number of furan rings is 1. The van der Waals surface area contributed by atoms with Gasteiger partial charge in [0.15, 0.2) is 5.58 Å². The molecule has 0 spiro atoms. The van der Waals surface area contributed by atoms with Gasteiger partial charge in [0.25, 0.3) is 0 Å². The first-order valence-electron chi connectivity index (χ1n) is 18.8. The molecule has 55 heavy (non-hydrogen) atoms. The molecule has 0 atom stereocenters. The Morgan fingerprint density at radius 1 is 0.400 bits per heavy atom. The van der Waals surface area contributed by atoms with Gasteiger partial charge in [-0.25, -0.2) is 0 Å². The minimum Gasteiger partial charge on any atom is -0.454 e. The van der Waals surface area contributed by atoms with Crippen LogP contribution < -0.4 is 4.90 Å². The van der Waals surface area contributed by atoms with Gasteiger partial charge in [-0.2, -0.15) is 0 Å². The lowest BCUT2D eigenvalue weighted by Crippen LogP contribution is -2.11. The Morgan fingerprint density at radius 2 is 1.02 bits per heavy atom. The summed E-state index contributed by atoms with van der Waals surface area (Å²) in [6, 6.07) is 73.9. The standard InChI is InChI=1S/C52H34N2O/c1-3-16-35(17-4-1)39-25-13-18-36-19-14-26-43(51(36)39)40-22-7-10-28-46(40)54(49-30-15-27-44-42-24-9-12-31-50(42)55-52(44)49)38-32-33-48-45(34-38)41-23-8-11-29-47(41)53(48)37-20-5-2-6-21-37/h1-34H. The lowest BCUT2D eigenvalue weighted by Gasteiger charge is -2.28. The summed E-state index contributed by atoms with van der Waals surface area (Å²) in [6.07, 6.45) is 0. The highest BCUT2D eigenvalue weighted by atomic mass is 16.3. The lowest BCUT2D eigenvalue weighted by molar-refractivity contribution is 0.669. The van der Waals surface area contributed by atoms with Gasteiger partial charge < -0.3 is 13.9 Å². The fraction of sp³-hybridized carbons (Fsp3) is 0. The molecule has 0 aliphatic carbocycles. The third kappa shape index (κ3) is 4.98. The van der Waals surface area contributed by atoms with Crippen LogP contribution in [0.1, 0.15) is 0 Å². The molecule has 0 amide bonds. The molecule has 2 aromatic heterocycles. The van der Waals surface area contributed by atoms with Crippen LogP contribution in [0.4, 0.5) is 17.1 Å². The van der Waals surface area contributed by atoms with E-state index in [1.54, 1.807) is 0 Å². The van der Waals surface area contributed by atoms with Crippen LogP contribution in [-0.4, -0.2) is 4.57 Å². The summed E-state index contributed by atoms with van der Waals surface area (Å²) in [4.78, 5) is 2.40. The van der Waals surface area contributed by atoms with Crippen LogP contribution in [0.2, 0.25) is 0 Å². The second-order valence-electron chi connectivity index (χ2n) is 14.1. The Bertz CT molecular complexity index is 3200. The zero-order valence-electron chi connectivity index (χ0n) is 29.9. The van der Waals surface area contributed by atoms with E-state index in [9.17, 15) is 0 Å². The van der Waals surface area contributed by atoms with E-state index in [0.717, 1.165) is 55.8 Å². The minimum atomic E-state index is 0.855. The normalized spacial score (nSPS) is 11.6. The highest BCUT2D eigenvalue weighted by molar-refractivity contribution is 6.14. The summed E-state index contributed by atoms with van der Waals surface area (Å²) in [5.41, 5.74) is 13.0. The maximum absolute atomic E-state index is 6.77. The molecule has 0 aliphatic heterocycles. The molecule has 11 aromatic rings. The summed E-state index contributed by atoms with van der Waals surface area (Å²) >= 11 is 0. The molecule has 0 saturated heterocycles. The maximum atomic E-state index is 6.77. The van der Waals surface area contributed by atoms with Crippen molar-refractivity contribution in [2.45, 2.75) is 0 Å². The Morgan fingerprint density at radius 3 is 1.87 bits per heavy atom. The van der Waals surface area contributed by atoms with Crippen molar-refractivity contribution in [3.05, 3.63) is 206 Å². The average Bonchev–Trinajstić information content (AvgIpc) is 3.80. The molecule has 0 fully saturated rings. The van der Waals surface area contributed by atoms with E-state index in [4.69, 9.17) is 4.42 Å². The molecule has 0 saturated carbocycles. The molecule has 3 heteroatoms. The Hall–Kier alpha value is -7.36. The van der Waals surface area contributed by atoms with Gasteiger partial charge in [-0.1, -0.05) is 152 Å². The summed E-state index contributed by atoms with van der Waals surface area (Å²) in [5.74, 6) is 0. The van der Waals surface area contributed by atoms with Crippen molar-refractivity contribution in [1.29, 1.82) is 0 Å². The van der Waals surface area contributed by atoms with Crippen LogP contribution in [0.5, 0.6) is 0 Å². The van der Waals surface area contributed by atoms with Gasteiger partial charge in [-0.15, -0.1) is 0 Å². The van der Waals surface area contributed by atoms with E-state index in [1.165, 1.54) is 43.8 Å². The van der Waals surface area contributed by atoms with E-state index in [0.29, 0.717) is 0 Å². The molecule has 2 heterocycles. The van der Waals surface area contributed by atoms with E-state index in [-0.39, 0.29) is 0 Å². The number of fused-ring (bicyclic) bond motifs is 7. The third-order valence-corrected chi connectivity index (χ3v) is 11.0. The Balaban J connectivity index is 1.22. The molecule has 258 valence electrons. The first kappa shape index (κ1) is 31.2. The number of aromatic nitrogens is 1. The van der Waals surface area contributed by atoms with Gasteiger partial charge in [0.2, 0.25) is 0 Å². The average molecular weight is 703 g/mol. The molecule has 0 bridgehead atoms. The SMILES string of the molecule is c1ccc(-c2cccc3cccc(-c4ccccc4N(c4ccc5c(c4)c4ccccc4n5-c4ccccc4)c4cccc5c4oc4ccccc45)c23)cc1. The molecular weight excluding hydrogens is 669 g/mol. The highest BCUT2D eigenvalue weighted by Gasteiger charge is 2.24. The Kier molecular flexibility index (Phi) is 7.17. The van der Waals surface area contributed by atoms with Crippen molar-refractivity contribution in [3.63, 3.8) is 0 Å². The molecule has 0 aliphatic rings. The highest BCUT2D eigenvalue weighted by Crippen LogP contribution is 2.48. The fourth-order valence-corrected chi connectivity index (χ4v) is 8.59. The van der Waals surface area contributed by atoms with Crippen LogP contribution in [0.3, 0.4) is 0 Å². The molecule has 0 N–H and O–H groups in total. The largest absolute Gasteiger partial charge is 0.454 e. The van der Waals surface area contributed by atoms with Crippen molar-refractivity contribution in [2.75, 3.05) is 4.90 Å². The fourth-order valence-electron chi connectivity index (χ4n) is 8.59. The van der Waals surface area contributed by atoms with E-state index in [2.05, 4.69) is 210 Å². The number of benzene rings is 9. The quantitative estimate of drug-likeness (QED) is 0.172. The summed E-state index contributed by atoms with van der Waals surface area (Å²) in [6.45, 7) is 0. The second-order valence-corrected chi connectivity index (χ2v) is 14.1. The van der Waals surface area contributed by atoms with Crippen molar-refractivity contribution < 1.29 is 4.42 Å². The molecular formula is C52H34N2O. The zero-order chi connectivity index (χ0) is 36.3. The summed E-state index contributed by atoms with van der Waals surface area (Å²) in [7, 11) is 0. The maximum Gasteiger partial charge on any atom is 0.159 e. The molecule has 3 nitrogen and oxygen atoms in total. The van der Waals surface area contributed by atoms with Gasteiger partial charge in [0.1, 0.15) is 5.58 Å². The second kappa shape index (κ2) is 12.6. The number of hydrogen-bond acceptors (Lipinski definition) is 2. The van der Waals surface area contributed by atoms with Crippen molar-refractivity contribution in [1.82, 2.24) is 4.57 Å². The topological polar surface area (TPSA) is 21.3 Å². The van der Waals surface area contributed by atoms with Gasteiger partial charge >= 0.3 is 0 Å². The van der Waals surface area contributed by atoms with Gasteiger partial charge in [0, 0.05) is 38.5 Å². The van der Waals surface area contributed by atoms with Crippen LogP contribution in [0, 0.1) is 0 Å². The number of anilines is 3. The van der Waals surface area contributed by atoms with E-state index >= 15 is 0 Å². The molecule has 11 rings (SSSR count). The third-order valence-electron chi connectivity index (χ3n) is 11.0. The van der Waals surface area contributed by atoms with Gasteiger partial charge in [-0.3, -0.25) is 0 Å². The lowest BCUT2D eigenvalue weighted by atomic mass is 9.90. The Labute approximate surface area is 318 Å². The predicted molar refractivity (Wildman–Crippen MR) is 231 cm³/mol. The monoisotopic (exact) mass is 702 g/mol. The minimum absolute atomic E-state index is 0.855. The van der Waals surface area contributed by atoms with Crippen molar-refractivity contribution >= 4 is 71.6 Å². The first-order chi connectivity index (χ1) is 27.3. The zero-order valence-corrected chi connectivity index (χ0v) is 29.9. The molecule has 0 unspecified atom stereocenters. The van der Waals surface area contributed by atoms with E-state index in [1.807, 2.05) is 6.07 Å². The smallest absolute Gasteiger partial charge is 0.159 e. The summed E-state index contributed by atoms with van der Waals surface area (Å²) in [5, 5.41) is 7.03. The van der Waals surface area contributed by atoms with Crippen LogP contribution in [0.25, 0.3) is 82.5 Å². The summed E-state index contributed by atoms with van der Waals surface area (Å²) < 4.78 is 9.14. The number of rotatable bonds is 6. The number of nitrogens with zero attached hydrogens (tertiary/aromatic N) is 2. The van der Waals surface area contributed by atoms with Crippen LogP contribution >= 0.6 is 0 Å². The molecule has 0 radical (unpaired) electrons. The van der Waals surface area contributed by atoms with Crippen molar-refractivity contribution in [2.24, 2.45) is 0 Å². The first-order valence-corrected chi connectivity index (χ1v) is 18.8. The predicted octanol–water partition coefficient (Wildman–Crippen LogP) is 14.6. The number of para-hydroxylation sites is 5. The van der Waals surface area contributed by atoms with Gasteiger partial charge in [0.05, 0.1) is 22.4 Å². The van der Waals surface area contributed by atoms with Crippen molar-refractivity contribution in [3.8, 4) is 27.9 Å². The van der Waals surface area contributed by atoms with Crippen LogP contribution in [0.15, 0.2) is 211 Å². The van der Waals surface area contributed by atoms with Gasteiger partial charge in [-0.05, 0) is 82.1 Å². The number of hydrogen-bond donors (Lipinski definition) is 0. The van der Waals surface area contributed by atoms with E-state index < -0.39 is 0 Å². The molecule has 9 aromatic carbocycles.